The normalized spacial score (nSPS) is 16.8. The van der Waals surface area contributed by atoms with Gasteiger partial charge >= 0.3 is 0 Å². The van der Waals surface area contributed by atoms with Gasteiger partial charge in [-0.1, -0.05) is 17.7 Å². The number of hydrogen-bond acceptors (Lipinski definition) is 5. The largest absolute Gasteiger partial charge is 0.371 e. The highest BCUT2D eigenvalue weighted by atomic mass is 35.5. The monoisotopic (exact) mass is 355 g/mol. The van der Waals surface area contributed by atoms with Gasteiger partial charge in [0, 0.05) is 30.3 Å². The zero-order valence-electron chi connectivity index (χ0n) is 14.8. The van der Waals surface area contributed by atoms with Gasteiger partial charge < -0.3 is 10.2 Å². The van der Waals surface area contributed by atoms with Crippen LogP contribution < -0.4 is 10.2 Å². The zero-order chi connectivity index (χ0) is 18.0. The maximum Gasteiger partial charge on any atom is 0.166 e. The predicted molar refractivity (Wildman–Crippen MR) is 101 cm³/mol. The first-order chi connectivity index (χ1) is 12.0. The summed E-state index contributed by atoms with van der Waals surface area (Å²) in [5.41, 5.74) is 4.73. The molecule has 1 aliphatic heterocycles. The van der Waals surface area contributed by atoms with E-state index < -0.39 is 0 Å². The SMILES string of the molecule is Cc1ccc(Cl)cc1N1CCC(CNc2nnc(C)c(C)c2C#N)C1. The van der Waals surface area contributed by atoms with Crippen molar-refractivity contribution < 1.29 is 0 Å². The number of aromatic nitrogens is 2. The Hall–Kier alpha value is -2.32. The summed E-state index contributed by atoms with van der Waals surface area (Å²) in [6.07, 6.45) is 1.10. The van der Waals surface area contributed by atoms with Crippen molar-refractivity contribution in [2.75, 3.05) is 29.9 Å². The summed E-state index contributed by atoms with van der Waals surface area (Å²) in [6.45, 7) is 8.65. The molecule has 1 aliphatic rings. The Balaban J connectivity index is 1.66. The maximum absolute atomic E-state index is 9.38. The Kier molecular flexibility index (Phi) is 5.10. The van der Waals surface area contributed by atoms with Gasteiger partial charge in [0.2, 0.25) is 0 Å². The second-order valence-electron chi connectivity index (χ2n) is 6.66. The number of halogens is 1. The minimum atomic E-state index is 0.494. The molecule has 1 aromatic carbocycles. The lowest BCUT2D eigenvalue weighted by Gasteiger charge is -2.21. The van der Waals surface area contributed by atoms with E-state index in [4.69, 9.17) is 11.6 Å². The minimum absolute atomic E-state index is 0.494. The Morgan fingerprint density at radius 2 is 2.12 bits per heavy atom. The smallest absolute Gasteiger partial charge is 0.166 e. The lowest BCUT2D eigenvalue weighted by Crippen LogP contribution is -2.23. The van der Waals surface area contributed by atoms with Crippen molar-refractivity contribution in [1.82, 2.24) is 10.2 Å². The van der Waals surface area contributed by atoms with Crippen molar-refractivity contribution >= 4 is 23.1 Å². The summed E-state index contributed by atoms with van der Waals surface area (Å²) in [4.78, 5) is 2.38. The van der Waals surface area contributed by atoms with Crippen molar-refractivity contribution in [3.8, 4) is 6.07 Å². The van der Waals surface area contributed by atoms with Crippen LogP contribution in [0.15, 0.2) is 18.2 Å². The number of aryl methyl sites for hydroxylation is 2. The Labute approximate surface area is 153 Å². The summed E-state index contributed by atoms with van der Waals surface area (Å²) >= 11 is 6.15. The molecule has 2 aromatic rings. The summed E-state index contributed by atoms with van der Waals surface area (Å²) in [5.74, 6) is 1.08. The molecule has 0 saturated carbocycles. The first-order valence-corrected chi connectivity index (χ1v) is 8.86. The number of anilines is 2. The van der Waals surface area contributed by atoms with E-state index in [0.717, 1.165) is 42.3 Å². The molecule has 3 rings (SSSR count). The van der Waals surface area contributed by atoms with Gasteiger partial charge in [0.25, 0.3) is 0 Å². The summed E-state index contributed by atoms with van der Waals surface area (Å²) in [7, 11) is 0. The van der Waals surface area contributed by atoms with Crippen LogP contribution >= 0.6 is 11.6 Å². The molecule has 1 N–H and O–H groups in total. The Bertz CT molecular complexity index is 827. The molecule has 1 atom stereocenters. The number of hydrogen-bond donors (Lipinski definition) is 1. The van der Waals surface area contributed by atoms with Gasteiger partial charge in [0.15, 0.2) is 5.82 Å². The molecule has 1 unspecified atom stereocenters. The fourth-order valence-corrected chi connectivity index (χ4v) is 3.42. The van der Waals surface area contributed by atoms with Crippen LogP contribution in [0, 0.1) is 38.0 Å². The Morgan fingerprint density at radius 3 is 2.88 bits per heavy atom. The summed E-state index contributed by atoms with van der Waals surface area (Å²) in [5, 5.41) is 21.8. The molecule has 1 saturated heterocycles. The maximum atomic E-state index is 9.38. The van der Waals surface area contributed by atoms with E-state index in [2.05, 4.69) is 39.5 Å². The average molecular weight is 356 g/mol. The summed E-state index contributed by atoms with van der Waals surface area (Å²) in [6, 6.07) is 8.27. The quantitative estimate of drug-likeness (QED) is 0.901. The molecular weight excluding hydrogens is 334 g/mol. The number of nitriles is 1. The Morgan fingerprint density at radius 1 is 1.32 bits per heavy atom. The van der Waals surface area contributed by atoms with Gasteiger partial charge in [0.05, 0.1) is 5.69 Å². The second kappa shape index (κ2) is 7.28. The molecule has 0 spiro atoms. The van der Waals surface area contributed by atoms with Crippen LogP contribution in [-0.2, 0) is 0 Å². The third-order valence-electron chi connectivity index (χ3n) is 4.92. The fourth-order valence-electron chi connectivity index (χ4n) is 3.25. The molecule has 1 fully saturated rings. The van der Waals surface area contributed by atoms with Crippen LogP contribution in [0.1, 0.15) is 28.8 Å². The number of nitrogens with one attached hydrogen (secondary N) is 1. The summed E-state index contributed by atoms with van der Waals surface area (Å²) < 4.78 is 0. The molecule has 6 heteroatoms. The van der Waals surface area contributed by atoms with Crippen LogP contribution in [0.25, 0.3) is 0 Å². The van der Waals surface area contributed by atoms with Crippen molar-refractivity contribution in [3.05, 3.63) is 45.6 Å². The molecule has 0 amide bonds. The highest BCUT2D eigenvalue weighted by Gasteiger charge is 2.24. The van der Waals surface area contributed by atoms with Gasteiger partial charge in [-0.3, -0.25) is 0 Å². The highest BCUT2D eigenvalue weighted by molar-refractivity contribution is 6.30. The molecule has 2 heterocycles. The third-order valence-corrected chi connectivity index (χ3v) is 5.16. The van der Waals surface area contributed by atoms with Crippen LogP contribution in [0.2, 0.25) is 5.02 Å². The molecule has 0 aliphatic carbocycles. The van der Waals surface area contributed by atoms with Crippen LogP contribution in [0.4, 0.5) is 11.5 Å². The van der Waals surface area contributed by atoms with Gasteiger partial charge in [0.1, 0.15) is 11.6 Å². The van der Waals surface area contributed by atoms with E-state index in [1.807, 2.05) is 26.0 Å². The van der Waals surface area contributed by atoms with Gasteiger partial charge in [-0.15, -0.1) is 5.10 Å². The van der Waals surface area contributed by atoms with E-state index in [9.17, 15) is 5.26 Å². The van der Waals surface area contributed by atoms with Crippen molar-refractivity contribution in [3.63, 3.8) is 0 Å². The fraction of sp³-hybridized carbons (Fsp3) is 0.421. The van der Waals surface area contributed by atoms with E-state index in [0.29, 0.717) is 17.3 Å². The molecule has 1 aromatic heterocycles. The number of rotatable bonds is 4. The average Bonchev–Trinajstić information content (AvgIpc) is 3.07. The lowest BCUT2D eigenvalue weighted by molar-refractivity contribution is 0.620. The molecule has 0 bridgehead atoms. The van der Waals surface area contributed by atoms with Crippen molar-refractivity contribution in [1.29, 1.82) is 5.26 Å². The minimum Gasteiger partial charge on any atom is -0.371 e. The zero-order valence-corrected chi connectivity index (χ0v) is 15.6. The van der Waals surface area contributed by atoms with Crippen LogP contribution in [-0.4, -0.2) is 29.8 Å². The van der Waals surface area contributed by atoms with E-state index >= 15 is 0 Å². The van der Waals surface area contributed by atoms with Gasteiger partial charge in [-0.2, -0.15) is 10.4 Å². The first kappa shape index (κ1) is 17.5. The van der Waals surface area contributed by atoms with Crippen LogP contribution in [0.5, 0.6) is 0 Å². The lowest BCUT2D eigenvalue weighted by atomic mass is 10.1. The van der Waals surface area contributed by atoms with E-state index in [1.54, 1.807) is 0 Å². The topological polar surface area (TPSA) is 64.8 Å². The van der Waals surface area contributed by atoms with Crippen molar-refractivity contribution in [2.24, 2.45) is 5.92 Å². The molecular formula is C19H22ClN5. The predicted octanol–water partition coefficient (Wildman–Crippen LogP) is 3.87. The van der Waals surface area contributed by atoms with Crippen molar-refractivity contribution in [2.45, 2.75) is 27.2 Å². The number of benzene rings is 1. The molecule has 130 valence electrons. The highest BCUT2D eigenvalue weighted by Crippen LogP contribution is 2.29. The van der Waals surface area contributed by atoms with E-state index in [1.165, 1.54) is 11.3 Å². The molecule has 25 heavy (non-hydrogen) atoms. The van der Waals surface area contributed by atoms with Gasteiger partial charge in [-0.25, -0.2) is 0 Å². The van der Waals surface area contributed by atoms with Gasteiger partial charge in [-0.05, 0) is 56.4 Å². The first-order valence-electron chi connectivity index (χ1n) is 8.48. The molecule has 5 nitrogen and oxygen atoms in total. The number of nitrogens with zero attached hydrogens (tertiary/aromatic N) is 4. The third kappa shape index (κ3) is 3.69. The van der Waals surface area contributed by atoms with E-state index in [-0.39, 0.29) is 0 Å². The van der Waals surface area contributed by atoms with Crippen LogP contribution in [0.3, 0.4) is 0 Å². The molecule has 0 radical (unpaired) electrons. The standard InChI is InChI=1S/C19H22ClN5/c1-12-4-5-16(20)8-18(12)25-7-6-15(11-25)10-22-19-17(9-21)13(2)14(3)23-24-19/h4-5,8,15H,6-7,10-11H2,1-3H3,(H,22,24). The second-order valence-corrected chi connectivity index (χ2v) is 7.09.